The van der Waals surface area contributed by atoms with Gasteiger partial charge in [0.2, 0.25) is 0 Å². The van der Waals surface area contributed by atoms with Gasteiger partial charge in [-0.15, -0.1) is 0 Å². The molecule has 0 aliphatic carbocycles. The van der Waals surface area contributed by atoms with E-state index in [1.165, 1.54) is 11.1 Å². The van der Waals surface area contributed by atoms with Gasteiger partial charge in [0, 0.05) is 12.0 Å². The van der Waals surface area contributed by atoms with Crippen molar-refractivity contribution in [2.24, 2.45) is 0 Å². The van der Waals surface area contributed by atoms with Gasteiger partial charge in [0.1, 0.15) is 12.4 Å². The van der Waals surface area contributed by atoms with Crippen LogP contribution in [0, 0.1) is 0 Å². The van der Waals surface area contributed by atoms with E-state index < -0.39 is 0 Å². The zero-order chi connectivity index (χ0) is 22.9. The van der Waals surface area contributed by atoms with Crippen molar-refractivity contribution in [1.82, 2.24) is 0 Å². The van der Waals surface area contributed by atoms with Gasteiger partial charge in [-0.2, -0.15) is 0 Å². The first-order valence-corrected chi connectivity index (χ1v) is 10.9. The van der Waals surface area contributed by atoms with Gasteiger partial charge in [-0.1, -0.05) is 68.1 Å². The minimum Gasteiger partial charge on any atom is -0.491 e. The smallest absolute Gasteiger partial charge is 0.333 e. The Morgan fingerprint density at radius 2 is 1.59 bits per heavy atom. The lowest BCUT2D eigenvalue weighted by atomic mass is 9.91. The van der Waals surface area contributed by atoms with E-state index in [4.69, 9.17) is 14.6 Å². The molecule has 4 nitrogen and oxygen atoms in total. The molecule has 0 amide bonds. The van der Waals surface area contributed by atoms with Gasteiger partial charge in [-0.25, -0.2) is 4.79 Å². The Morgan fingerprint density at radius 3 is 2.28 bits per heavy atom. The number of carbonyl (C=O) groups is 1. The van der Waals surface area contributed by atoms with Crippen LogP contribution in [0.15, 0.2) is 78.9 Å². The molecule has 0 aromatic heterocycles. The Labute approximate surface area is 190 Å². The molecule has 0 atom stereocenters. The summed E-state index contributed by atoms with van der Waals surface area (Å²) in [6.45, 7) is 8.05. The molecular formula is C28H30O4. The summed E-state index contributed by atoms with van der Waals surface area (Å²) >= 11 is 0. The second kappa shape index (κ2) is 11.3. The predicted octanol–water partition coefficient (Wildman–Crippen LogP) is 5.62. The maximum Gasteiger partial charge on any atom is 0.333 e. The number of benzene rings is 3. The first-order chi connectivity index (χ1) is 15.5. The summed E-state index contributed by atoms with van der Waals surface area (Å²) in [5, 5.41) is 8.91. The molecule has 3 rings (SSSR count). The summed E-state index contributed by atoms with van der Waals surface area (Å²) in [5.74, 6) is 0.395. The van der Waals surface area contributed by atoms with Crippen molar-refractivity contribution in [2.75, 3.05) is 19.8 Å². The van der Waals surface area contributed by atoms with E-state index >= 15 is 0 Å². The third-order valence-corrected chi connectivity index (χ3v) is 5.29. The Balaban J connectivity index is 1.83. The lowest BCUT2D eigenvalue weighted by Crippen LogP contribution is -2.08. The third kappa shape index (κ3) is 5.86. The second-order valence-corrected chi connectivity index (χ2v) is 7.65. The van der Waals surface area contributed by atoms with Crippen LogP contribution in [0.1, 0.15) is 25.0 Å². The van der Waals surface area contributed by atoms with Gasteiger partial charge in [0.15, 0.2) is 0 Å². The molecule has 0 spiro atoms. The SMILES string of the molecule is C=C(C)C(=O)OCCc1ccccc1-c1ccc(-c2ccc(OCCO)cc2)c(CC)c1. The summed E-state index contributed by atoms with van der Waals surface area (Å²) in [6, 6.07) is 22.7. The van der Waals surface area contributed by atoms with Crippen LogP contribution in [0.3, 0.4) is 0 Å². The zero-order valence-electron chi connectivity index (χ0n) is 18.8. The topological polar surface area (TPSA) is 55.8 Å². The molecule has 0 fully saturated rings. The van der Waals surface area contributed by atoms with Crippen molar-refractivity contribution < 1.29 is 19.4 Å². The Morgan fingerprint density at radius 1 is 0.906 bits per heavy atom. The van der Waals surface area contributed by atoms with Gasteiger partial charge < -0.3 is 14.6 Å². The van der Waals surface area contributed by atoms with Crippen LogP contribution in [0.5, 0.6) is 5.75 Å². The van der Waals surface area contributed by atoms with Crippen molar-refractivity contribution in [3.63, 3.8) is 0 Å². The Bertz CT molecular complexity index is 1070. The lowest BCUT2D eigenvalue weighted by Gasteiger charge is -2.14. The molecule has 1 N–H and O–H groups in total. The highest BCUT2D eigenvalue weighted by atomic mass is 16.5. The predicted molar refractivity (Wildman–Crippen MR) is 129 cm³/mol. The molecule has 4 heteroatoms. The molecule has 166 valence electrons. The quantitative estimate of drug-likeness (QED) is 0.335. The number of rotatable bonds is 10. The second-order valence-electron chi connectivity index (χ2n) is 7.65. The summed E-state index contributed by atoms with van der Waals surface area (Å²) in [4.78, 5) is 11.7. The fourth-order valence-electron chi connectivity index (χ4n) is 3.63. The first-order valence-electron chi connectivity index (χ1n) is 10.9. The van der Waals surface area contributed by atoms with Crippen LogP contribution in [-0.2, 0) is 22.4 Å². The fourth-order valence-corrected chi connectivity index (χ4v) is 3.63. The molecule has 0 unspecified atom stereocenters. The standard InChI is InChI=1S/C28H30O4/c1-4-21-19-24(11-14-27(21)23-9-12-25(13-10-23)31-18-16-29)26-8-6-5-7-22(26)15-17-32-28(30)20(2)3/h5-14,19,29H,2,4,15-18H2,1,3H3. The number of carbonyl (C=O) groups excluding carboxylic acids is 1. The molecule has 0 saturated carbocycles. The monoisotopic (exact) mass is 430 g/mol. The summed E-state index contributed by atoms with van der Waals surface area (Å²) in [7, 11) is 0. The number of hydrogen-bond donors (Lipinski definition) is 1. The first kappa shape index (κ1) is 23.3. The highest BCUT2D eigenvalue weighted by molar-refractivity contribution is 5.87. The summed E-state index contributed by atoms with van der Waals surface area (Å²) in [6.07, 6.45) is 1.55. The van der Waals surface area contributed by atoms with E-state index in [2.05, 4.69) is 43.8 Å². The molecule has 0 aliphatic rings. The van der Waals surface area contributed by atoms with Gasteiger partial charge >= 0.3 is 5.97 Å². The number of esters is 1. The van der Waals surface area contributed by atoms with Gasteiger partial charge in [0.25, 0.3) is 0 Å². The average Bonchev–Trinajstić information content (AvgIpc) is 2.83. The number of aliphatic hydroxyl groups excluding tert-OH is 1. The largest absolute Gasteiger partial charge is 0.491 e. The van der Waals surface area contributed by atoms with E-state index in [1.54, 1.807) is 6.92 Å². The molecule has 0 radical (unpaired) electrons. The molecular weight excluding hydrogens is 400 g/mol. The molecule has 0 aliphatic heterocycles. The van der Waals surface area contributed by atoms with Gasteiger partial charge in [0.05, 0.1) is 13.2 Å². The van der Waals surface area contributed by atoms with Crippen molar-refractivity contribution in [3.8, 4) is 28.0 Å². The maximum absolute atomic E-state index is 11.7. The van der Waals surface area contributed by atoms with E-state index in [9.17, 15) is 4.79 Å². The maximum atomic E-state index is 11.7. The Kier molecular flexibility index (Phi) is 8.23. The number of ether oxygens (including phenoxy) is 2. The number of hydrogen-bond acceptors (Lipinski definition) is 4. The van der Waals surface area contributed by atoms with Crippen LogP contribution >= 0.6 is 0 Å². The van der Waals surface area contributed by atoms with Crippen LogP contribution in [0.4, 0.5) is 0 Å². The van der Waals surface area contributed by atoms with E-state index in [0.29, 0.717) is 25.2 Å². The zero-order valence-corrected chi connectivity index (χ0v) is 18.8. The summed E-state index contributed by atoms with van der Waals surface area (Å²) in [5.41, 5.74) is 7.43. The number of aryl methyl sites for hydroxylation is 1. The average molecular weight is 431 g/mol. The molecule has 32 heavy (non-hydrogen) atoms. The molecule has 3 aromatic carbocycles. The van der Waals surface area contributed by atoms with E-state index in [1.807, 2.05) is 36.4 Å². The highest BCUT2D eigenvalue weighted by Gasteiger charge is 2.11. The molecule has 3 aromatic rings. The van der Waals surface area contributed by atoms with Gasteiger partial charge in [-0.05, 0) is 58.9 Å². The molecule has 0 heterocycles. The van der Waals surface area contributed by atoms with Gasteiger partial charge in [-0.3, -0.25) is 0 Å². The van der Waals surface area contributed by atoms with Crippen molar-refractivity contribution >= 4 is 5.97 Å². The highest BCUT2D eigenvalue weighted by Crippen LogP contribution is 2.32. The van der Waals surface area contributed by atoms with Crippen molar-refractivity contribution in [1.29, 1.82) is 0 Å². The molecule has 0 bridgehead atoms. The van der Waals surface area contributed by atoms with E-state index in [0.717, 1.165) is 34.4 Å². The third-order valence-electron chi connectivity index (χ3n) is 5.29. The van der Waals surface area contributed by atoms with Crippen LogP contribution in [0.25, 0.3) is 22.3 Å². The minimum absolute atomic E-state index is 0.000992. The van der Waals surface area contributed by atoms with Crippen LogP contribution in [0.2, 0.25) is 0 Å². The lowest BCUT2D eigenvalue weighted by molar-refractivity contribution is -0.138. The summed E-state index contributed by atoms with van der Waals surface area (Å²) < 4.78 is 10.8. The normalized spacial score (nSPS) is 10.6. The van der Waals surface area contributed by atoms with Crippen LogP contribution < -0.4 is 4.74 Å². The van der Waals surface area contributed by atoms with Crippen LogP contribution in [-0.4, -0.2) is 30.9 Å². The fraction of sp³-hybridized carbons (Fsp3) is 0.250. The molecule has 0 saturated heterocycles. The van der Waals surface area contributed by atoms with E-state index in [-0.39, 0.29) is 12.6 Å². The minimum atomic E-state index is -0.354. The van der Waals surface area contributed by atoms with Crippen molar-refractivity contribution in [2.45, 2.75) is 26.7 Å². The Hall–Kier alpha value is -3.37. The number of aliphatic hydroxyl groups is 1. The van der Waals surface area contributed by atoms with Crippen molar-refractivity contribution in [3.05, 3.63) is 90.0 Å².